The van der Waals surface area contributed by atoms with Crippen LogP contribution in [0.15, 0.2) is 35.7 Å². The molecule has 2 aliphatic rings. The van der Waals surface area contributed by atoms with Gasteiger partial charge in [-0.3, -0.25) is 14.6 Å². The predicted octanol–water partition coefficient (Wildman–Crippen LogP) is 3.45. The van der Waals surface area contributed by atoms with Gasteiger partial charge in [0.1, 0.15) is 17.3 Å². The van der Waals surface area contributed by atoms with Gasteiger partial charge in [-0.15, -0.1) is 11.3 Å². The van der Waals surface area contributed by atoms with Crippen molar-refractivity contribution in [1.82, 2.24) is 30.1 Å². The van der Waals surface area contributed by atoms with Crippen molar-refractivity contribution < 1.29 is 9.53 Å². The highest BCUT2D eigenvalue weighted by atomic mass is 32.1. The van der Waals surface area contributed by atoms with Gasteiger partial charge in [0.25, 0.3) is 5.91 Å². The third kappa shape index (κ3) is 7.58. The van der Waals surface area contributed by atoms with E-state index in [-0.39, 0.29) is 11.8 Å². The number of nitrogens with zero attached hydrogens (tertiary/aromatic N) is 6. The number of hydrogen-bond donors (Lipinski definition) is 2. The van der Waals surface area contributed by atoms with Crippen molar-refractivity contribution in [2.75, 3.05) is 51.3 Å². The van der Waals surface area contributed by atoms with Gasteiger partial charge in [-0.25, -0.2) is 15.0 Å². The summed E-state index contributed by atoms with van der Waals surface area (Å²) in [6, 6.07) is 12.5. The number of nitriles is 1. The van der Waals surface area contributed by atoms with E-state index in [2.05, 4.69) is 53.6 Å². The number of carbonyl (C=O) groups is 1. The first-order valence-electron chi connectivity index (χ1n) is 13.4. The second kappa shape index (κ2) is 13.1. The lowest BCUT2D eigenvalue weighted by molar-refractivity contribution is 0.0342. The van der Waals surface area contributed by atoms with Crippen molar-refractivity contribution in [3.8, 4) is 6.07 Å². The first-order chi connectivity index (χ1) is 19.1. The van der Waals surface area contributed by atoms with Crippen molar-refractivity contribution in [3.05, 3.63) is 64.1 Å². The molecule has 1 aromatic carbocycles. The third-order valence-corrected chi connectivity index (χ3v) is 7.76. The average molecular weight is 547 g/mol. The van der Waals surface area contributed by atoms with Crippen molar-refractivity contribution in [2.24, 2.45) is 0 Å². The van der Waals surface area contributed by atoms with Gasteiger partial charge in [0, 0.05) is 50.1 Å². The van der Waals surface area contributed by atoms with Crippen LogP contribution in [-0.4, -0.2) is 76.6 Å². The number of aryl methyl sites for hydroxylation is 1. The van der Waals surface area contributed by atoms with Crippen LogP contribution in [0.1, 0.15) is 51.9 Å². The fourth-order valence-electron chi connectivity index (χ4n) is 5.08. The second-order valence-electron chi connectivity index (χ2n) is 10.0. The molecular formula is C28H34N8O2S. The van der Waals surface area contributed by atoms with Crippen LogP contribution in [0.2, 0.25) is 0 Å². The van der Waals surface area contributed by atoms with Gasteiger partial charge in [0.05, 0.1) is 31.5 Å². The maximum atomic E-state index is 12.8. The van der Waals surface area contributed by atoms with E-state index in [4.69, 9.17) is 10.00 Å². The monoisotopic (exact) mass is 546 g/mol. The highest BCUT2D eigenvalue weighted by Crippen LogP contribution is 2.28. The molecule has 1 unspecified atom stereocenters. The van der Waals surface area contributed by atoms with Crippen LogP contribution >= 0.6 is 11.3 Å². The topological polar surface area (TPSA) is 119 Å². The summed E-state index contributed by atoms with van der Waals surface area (Å²) in [6.07, 6.45) is 2.08. The van der Waals surface area contributed by atoms with Crippen molar-refractivity contribution >= 4 is 28.2 Å². The third-order valence-electron chi connectivity index (χ3n) is 7.00. The van der Waals surface area contributed by atoms with Crippen molar-refractivity contribution in [1.29, 1.82) is 5.26 Å². The minimum Gasteiger partial charge on any atom is -0.379 e. The molecule has 0 bridgehead atoms. The number of likely N-dealkylation sites (tertiary alicyclic amines) is 1. The first-order valence-corrected chi connectivity index (χ1v) is 14.3. The molecule has 0 aliphatic carbocycles. The predicted molar refractivity (Wildman–Crippen MR) is 150 cm³/mol. The van der Waals surface area contributed by atoms with E-state index < -0.39 is 0 Å². The van der Waals surface area contributed by atoms with E-state index in [0.717, 1.165) is 70.0 Å². The smallest absolute Gasteiger partial charge is 0.271 e. The molecule has 204 valence electrons. The number of hydrogen-bond acceptors (Lipinski definition) is 10. The Balaban J connectivity index is 1.17. The lowest BCUT2D eigenvalue weighted by atomic mass is 9.94. The number of amides is 1. The Morgan fingerprint density at radius 1 is 1.15 bits per heavy atom. The van der Waals surface area contributed by atoms with Crippen LogP contribution in [-0.2, 0) is 17.8 Å². The van der Waals surface area contributed by atoms with Gasteiger partial charge in [-0.2, -0.15) is 5.26 Å². The minimum absolute atomic E-state index is 0.211. The van der Waals surface area contributed by atoms with Crippen molar-refractivity contribution in [3.63, 3.8) is 0 Å². The van der Waals surface area contributed by atoms with Crippen LogP contribution in [0, 0.1) is 18.3 Å². The number of carbonyl (C=O) groups excluding carboxylic acids is 1. The zero-order valence-electron chi connectivity index (χ0n) is 22.2. The molecule has 2 aromatic heterocycles. The molecule has 0 radical (unpaired) electrons. The molecule has 2 aliphatic heterocycles. The minimum atomic E-state index is -0.211. The van der Waals surface area contributed by atoms with E-state index in [0.29, 0.717) is 35.6 Å². The number of piperidine rings is 1. The lowest BCUT2D eigenvalue weighted by Crippen LogP contribution is -2.35. The van der Waals surface area contributed by atoms with Crippen molar-refractivity contribution in [2.45, 2.75) is 38.8 Å². The molecule has 10 nitrogen and oxygen atoms in total. The lowest BCUT2D eigenvalue weighted by Gasteiger charge is -2.30. The number of ether oxygens (including phenoxy) is 1. The average Bonchev–Trinajstić information content (AvgIpc) is 3.41. The van der Waals surface area contributed by atoms with Gasteiger partial charge >= 0.3 is 0 Å². The zero-order chi connectivity index (χ0) is 27.0. The van der Waals surface area contributed by atoms with E-state index in [1.54, 1.807) is 5.38 Å². The number of anilines is 2. The Morgan fingerprint density at radius 2 is 2.00 bits per heavy atom. The number of morpholine rings is 1. The van der Waals surface area contributed by atoms with Crippen LogP contribution in [0.4, 0.5) is 10.9 Å². The Labute approximate surface area is 233 Å². The van der Waals surface area contributed by atoms with E-state index in [9.17, 15) is 4.79 Å². The van der Waals surface area contributed by atoms with Gasteiger partial charge < -0.3 is 15.4 Å². The summed E-state index contributed by atoms with van der Waals surface area (Å²) in [5, 5.41) is 17.7. The molecule has 2 fully saturated rings. The van der Waals surface area contributed by atoms with Gasteiger partial charge in [-0.1, -0.05) is 24.3 Å². The molecule has 5 rings (SSSR count). The summed E-state index contributed by atoms with van der Waals surface area (Å²) in [6.45, 7) is 8.85. The Kier molecular flexibility index (Phi) is 9.11. The summed E-state index contributed by atoms with van der Waals surface area (Å²) < 4.78 is 5.43. The zero-order valence-corrected chi connectivity index (χ0v) is 23.0. The molecule has 1 atom stereocenters. The van der Waals surface area contributed by atoms with Crippen LogP contribution in [0.3, 0.4) is 0 Å². The fourth-order valence-corrected chi connectivity index (χ4v) is 5.78. The summed E-state index contributed by atoms with van der Waals surface area (Å²) in [5.41, 5.74) is 3.63. The number of thiazole rings is 1. The van der Waals surface area contributed by atoms with Crippen LogP contribution in [0.25, 0.3) is 0 Å². The molecule has 0 spiro atoms. The van der Waals surface area contributed by atoms with Gasteiger partial charge in [0.2, 0.25) is 0 Å². The largest absolute Gasteiger partial charge is 0.379 e. The first kappa shape index (κ1) is 27.1. The molecule has 1 amide bonds. The standard InChI is InChI=1S/C28H34N8O2S/c1-20-31-24(23-6-3-8-35(18-23)9-7-29)15-26(32-20)34-28-33-25(19-39-28)27(37)30-16-21-4-2-5-22(14-21)17-36-10-12-38-13-11-36/h2,4-5,14-15,19,23H,3,6,8-13,16-18H2,1H3,(H,30,37)(H,31,32,33,34). The Morgan fingerprint density at radius 3 is 2.85 bits per heavy atom. The normalized spacial score (nSPS) is 18.4. The Hall–Kier alpha value is -3.43. The number of benzene rings is 1. The maximum Gasteiger partial charge on any atom is 0.271 e. The molecule has 3 aromatic rings. The summed E-state index contributed by atoms with van der Waals surface area (Å²) >= 11 is 1.37. The highest BCUT2D eigenvalue weighted by molar-refractivity contribution is 7.14. The fraction of sp³-hybridized carbons (Fsp3) is 0.464. The molecule has 39 heavy (non-hydrogen) atoms. The summed E-state index contributed by atoms with van der Waals surface area (Å²) in [7, 11) is 0. The van der Waals surface area contributed by atoms with Crippen LogP contribution in [0.5, 0.6) is 0 Å². The highest BCUT2D eigenvalue weighted by Gasteiger charge is 2.23. The number of aromatic nitrogens is 3. The van der Waals surface area contributed by atoms with E-state index >= 15 is 0 Å². The Bertz CT molecular complexity index is 1320. The second-order valence-corrected chi connectivity index (χ2v) is 10.9. The van der Waals surface area contributed by atoms with Gasteiger partial charge in [-0.05, 0) is 37.4 Å². The van der Waals surface area contributed by atoms with Crippen LogP contribution < -0.4 is 10.6 Å². The van der Waals surface area contributed by atoms with Gasteiger partial charge in [0.15, 0.2) is 5.13 Å². The van der Waals surface area contributed by atoms with E-state index in [1.165, 1.54) is 16.9 Å². The molecule has 2 saturated heterocycles. The summed E-state index contributed by atoms with van der Waals surface area (Å²) in [5.74, 6) is 1.39. The van der Waals surface area contributed by atoms with E-state index in [1.807, 2.05) is 25.1 Å². The molecule has 11 heteroatoms. The quantitative estimate of drug-likeness (QED) is 0.389. The number of rotatable bonds is 9. The SMILES string of the molecule is Cc1nc(Nc2nc(C(=O)NCc3cccc(CN4CCOCC4)c3)cs2)cc(C2CCCN(CC#N)C2)n1. The number of nitrogens with one attached hydrogen (secondary N) is 2. The molecule has 4 heterocycles. The molecular weight excluding hydrogens is 512 g/mol. The summed E-state index contributed by atoms with van der Waals surface area (Å²) in [4.78, 5) is 31.1. The molecule has 0 saturated carbocycles. The molecule has 2 N–H and O–H groups in total. The maximum absolute atomic E-state index is 12.8.